The van der Waals surface area contributed by atoms with E-state index in [-0.39, 0.29) is 0 Å². The molecule has 0 aliphatic heterocycles. The lowest BCUT2D eigenvalue weighted by Crippen LogP contribution is -1.80. The molecule has 0 spiro atoms. The van der Waals surface area contributed by atoms with Crippen LogP contribution in [0.15, 0.2) is 11.5 Å². The number of rotatable bonds is 5. The Hall–Kier alpha value is 0.240. The summed E-state index contributed by atoms with van der Waals surface area (Å²) in [7, 11) is 0.726. The van der Waals surface area contributed by atoms with Gasteiger partial charge >= 0.3 is 0 Å². The van der Waals surface area contributed by atoms with Gasteiger partial charge in [0.2, 0.25) is 0 Å². The van der Waals surface area contributed by atoms with Crippen molar-refractivity contribution in [1.82, 2.24) is 0 Å². The molecule has 1 atom stereocenters. The third-order valence-electron chi connectivity index (χ3n) is 0.945. The maximum absolute atomic E-state index is 10.9. The van der Waals surface area contributed by atoms with E-state index in [1.54, 1.807) is 5.41 Å². The topological polar surface area (TPSA) is 17.1 Å². The standard InChI is InChI=1S/C7H14OS2/c1-3-5-6-9-10(8)7-4-2/h4,7H,3,5-6H2,1-2H3/b7-4+. The van der Waals surface area contributed by atoms with Crippen LogP contribution in [0.2, 0.25) is 0 Å². The van der Waals surface area contributed by atoms with Crippen molar-refractivity contribution in [2.24, 2.45) is 0 Å². The molecule has 1 nitrogen and oxygen atoms in total. The summed E-state index contributed by atoms with van der Waals surface area (Å²) < 4.78 is 10.9. The zero-order valence-corrected chi connectivity index (χ0v) is 8.13. The lowest BCUT2D eigenvalue weighted by Gasteiger charge is -1.93. The Morgan fingerprint density at radius 2 is 2.30 bits per heavy atom. The minimum Gasteiger partial charge on any atom is -0.243 e. The van der Waals surface area contributed by atoms with Crippen molar-refractivity contribution in [2.45, 2.75) is 26.7 Å². The highest BCUT2D eigenvalue weighted by atomic mass is 33.1. The molecule has 10 heavy (non-hydrogen) atoms. The molecule has 3 heteroatoms. The van der Waals surface area contributed by atoms with Gasteiger partial charge in [-0.25, -0.2) is 4.21 Å². The van der Waals surface area contributed by atoms with Crippen molar-refractivity contribution in [3.63, 3.8) is 0 Å². The largest absolute Gasteiger partial charge is 0.243 e. The Balaban J connectivity index is 3.22. The van der Waals surface area contributed by atoms with Crippen LogP contribution >= 0.6 is 10.8 Å². The van der Waals surface area contributed by atoms with E-state index in [1.807, 2.05) is 13.0 Å². The van der Waals surface area contributed by atoms with Crippen LogP contribution in [0.4, 0.5) is 0 Å². The maximum atomic E-state index is 10.9. The van der Waals surface area contributed by atoms with Crippen molar-refractivity contribution in [3.8, 4) is 0 Å². The summed E-state index contributed by atoms with van der Waals surface area (Å²) in [6.45, 7) is 4.03. The molecule has 0 bridgehead atoms. The van der Waals surface area contributed by atoms with Gasteiger partial charge in [0.25, 0.3) is 0 Å². The molecule has 1 unspecified atom stereocenters. The van der Waals surface area contributed by atoms with Crippen LogP contribution in [0.1, 0.15) is 26.7 Å². The molecule has 0 aromatic heterocycles. The van der Waals surface area contributed by atoms with Crippen molar-refractivity contribution in [2.75, 3.05) is 5.75 Å². The quantitative estimate of drug-likeness (QED) is 0.475. The molecule has 0 radical (unpaired) electrons. The first-order valence-electron chi connectivity index (χ1n) is 3.48. The molecule has 0 fully saturated rings. The number of allylic oxidation sites excluding steroid dienone is 1. The first-order chi connectivity index (χ1) is 4.81. The molecule has 0 saturated carbocycles. The summed E-state index contributed by atoms with van der Waals surface area (Å²) in [5.41, 5.74) is 0. The molecule has 0 aromatic rings. The van der Waals surface area contributed by atoms with Crippen LogP contribution in [0.25, 0.3) is 0 Å². The average molecular weight is 178 g/mol. The van der Waals surface area contributed by atoms with Crippen LogP contribution in [0, 0.1) is 0 Å². The van der Waals surface area contributed by atoms with Crippen molar-refractivity contribution in [3.05, 3.63) is 11.5 Å². The van der Waals surface area contributed by atoms with Crippen molar-refractivity contribution < 1.29 is 4.21 Å². The Morgan fingerprint density at radius 3 is 2.80 bits per heavy atom. The zero-order chi connectivity index (χ0) is 7.82. The molecular formula is C7H14OS2. The summed E-state index contributed by atoms with van der Waals surface area (Å²) in [4.78, 5) is 0. The van der Waals surface area contributed by atoms with E-state index in [0.29, 0.717) is 0 Å². The summed E-state index contributed by atoms with van der Waals surface area (Å²) in [6, 6.07) is 0. The molecule has 0 rings (SSSR count). The molecule has 0 aromatic carbocycles. The second-order valence-electron chi connectivity index (χ2n) is 1.91. The van der Waals surface area contributed by atoms with Gasteiger partial charge in [0.15, 0.2) is 0 Å². The van der Waals surface area contributed by atoms with Gasteiger partial charge in [-0.15, -0.1) is 0 Å². The zero-order valence-electron chi connectivity index (χ0n) is 6.50. The van der Waals surface area contributed by atoms with Gasteiger partial charge in [-0.05, 0) is 13.3 Å². The first kappa shape index (κ1) is 10.2. The Morgan fingerprint density at radius 1 is 1.60 bits per heavy atom. The van der Waals surface area contributed by atoms with E-state index in [4.69, 9.17) is 0 Å². The number of hydrogen-bond acceptors (Lipinski definition) is 2. The maximum Gasteiger partial charge on any atom is 0.105 e. The van der Waals surface area contributed by atoms with Crippen molar-refractivity contribution >= 4 is 20.6 Å². The van der Waals surface area contributed by atoms with Gasteiger partial charge < -0.3 is 0 Å². The fraction of sp³-hybridized carbons (Fsp3) is 0.714. The predicted molar refractivity (Wildman–Crippen MR) is 50.3 cm³/mol. The third kappa shape index (κ3) is 6.36. The van der Waals surface area contributed by atoms with Crippen LogP contribution < -0.4 is 0 Å². The SMILES string of the molecule is C/C=C/S(=O)SCCCC. The van der Waals surface area contributed by atoms with E-state index < -0.39 is 9.83 Å². The summed E-state index contributed by atoms with van der Waals surface area (Å²) in [5.74, 6) is 1.01. The Kier molecular flexibility index (Phi) is 7.52. The second-order valence-corrected chi connectivity index (χ2v) is 5.04. The molecule has 60 valence electrons. The second kappa shape index (κ2) is 7.35. The molecule has 0 N–H and O–H groups in total. The van der Waals surface area contributed by atoms with Crippen LogP contribution in [0.3, 0.4) is 0 Å². The smallest absolute Gasteiger partial charge is 0.105 e. The summed E-state index contributed by atoms with van der Waals surface area (Å²) >= 11 is 0. The van der Waals surface area contributed by atoms with Crippen LogP contribution in [-0.2, 0) is 9.83 Å². The summed E-state index contributed by atoms with van der Waals surface area (Å²) in [5, 5.41) is 1.72. The Labute approximate surface area is 69.1 Å². The van der Waals surface area contributed by atoms with Crippen LogP contribution in [0.5, 0.6) is 0 Å². The fourth-order valence-electron chi connectivity index (χ4n) is 0.436. The minimum absolute atomic E-state index is 0.785. The number of unbranched alkanes of at least 4 members (excludes halogenated alkanes) is 1. The van der Waals surface area contributed by atoms with E-state index >= 15 is 0 Å². The molecular weight excluding hydrogens is 164 g/mol. The highest BCUT2D eigenvalue weighted by Gasteiger charge is 1.92. The Bertz CT molecular complexity index is 121. The average Bonchev–Trinajstić information content (AvgIpc) is 1.89. The van der Waals surface area contributed by atoms with E-state index in [9.17, 15) is 4.21 Å². The lowest BCUT2D eigenvalue weighted by molar-refractivity contribution is 0.696. The van der Waals surface area contributed by atoms with Gasteiger partial charge in [-0.3, -0.25) is 0 Å². The van der Waals surface area contributed by atoms with Gasteiger partial charge in [0, 0.05) is 11.2 Å². The van der Waals surface area contributed by atoms with Crippen molar-refractivity contribution in [1.29, 1.82) is 0 Å². The van der Waals surface area contributed by atoms with E-state index in [0.717, 1.165) is 12.2 Å². The fourth-order valence-corrected chi connectivity index (χ4v) is 2.72. The summed E-state index contributed by atoms with van der Waals surface area (Å²) in [6.07, 6.45) is 4.17. The van der Waals surface area contributed by atoms with Gasteiger partial charge in [-0.2, -0.15) is 0 Å². The van der Waals surface area contributed by atoms with E-state index in [1.165, 1.54) is 17.2 Å². The monoisotopic (exact) mass is 178 g/mol. The van der Waals surface area contributed by atoms with Gasteiger partial charge in [0.05, 0.1) is 0 Å². The molecule has 0 amide bonds. The first-order valence-corrected chi connectivity index (χ1v) is 6.19. The molecule has 0 heterocycles. The molecule has 0 aliphatic rings. The molecule has 0 aliphatic carbocycles. The van der Waals surface area contributed by atoms with Gasteiger partial charge in [-0.1, -0.05) is 30.2 Å². The van der Waals surface area contributed by atoms with E-state index in [2.05, 4.69) is 6.92 Å². The third-order valence-corrected chi connectivity index (χ3v) is 3.66. The highest BCUT2D eigenvalue weighted by Crippen LogP contribution is 2.10. The highest BCUT2D eigenvalue weighted by molar-refractivity contribution is 8.70. The molecule has 0 saturated heterocycles. The van der Waals surface area contributed by atoms with Gasteiger partial charge in [0.1, 0.15) is 9.83 Å². The normalized spacial score (nSPS) is 14.2. The minimum atomic E-state index is -0.785. The lowest BCUT2D eigenvalue weighted by atomic mass is 10.4. The predicted octanol–water partition coefficient (Wildman–Crippen LogP) is 2.72. The van der Waals surface area contributed by atoms with Crippen LogP contribution in [-0.4, -0.2) is 9.96 Å². The number of hydrogen-bond donors (Lipinski definition) is 0.